The molecule has 0 radical (unpaired) electrons. The number of anilines is 1. The van der Waals surface area contributed by atoms with Crippen LogP contribution in [0.1, 0.15) is 29.5 Å². The van der Waals surface area contributed by atoms with Gasteiger partial charge in [-0.2, -0.15) is 0 Å². The van der Waals surface area contributed by atoms with Crippen LogP contribution < -0.4 is 10.2 Å². The van der Waals surface area contributed by atoms with E-state index in [0.29, 0.717) is 38.2 Å². The third kappa shape index (κ3) is 4.64. The first kappa shape index (κ1) is 18.9. The van der Waals surface area contributed by atoms with Gasteiger partial charge in [-0.15, -0.1) is 0 Å². The fourth-order valence-corrected chi connectivity index (χ4v) is 3.47. The fraction of sp³-hybridized carbons (Fsp3) is 0.381. The van der Waals surface area contributed by atoms with E-state index < -0.39 is 0 Å². The highest BCUT2D eigenvalue weighted by molar-refractivity contribution is 5.79. The molecule has 0 aliphatic carbocycles. The summed E-state index contributed by atoms with van der Waals surface area (Å²) in [7, 11) is 0. The first-order valence-electron chi connectivity index (χ1n) is 9.27. The van der Waals surface area contributed by atoms with Crippen LogP contribution in [0.3, 0.4) is 0 Å². The molecule has 142 valence electrons. The van der Waals surface area contributed by atoms with Gasteiger partial charge in [-0.3, -0.25) is 14.9 Å². The van der Waals surface area contributed by atoms with Crippen molar-refractivity contribution in [2.75, 3.05) is 18.0 Å². The van der Waals surface area contributed by atoms with Crippen molar-refractivity contribution >= 4 is 17.3 Å². The third-order valence-electron chi connectivity index (χ3n) is 5.12. The van der Waals surface area contributed by atoms with E-state index in [1.54, 1.807) is 6.07 Å². The average molecular weight is 367 g/mol. The lowest BCUT2D eigenvalue weighted by atomic mass is 9.95. The van der Waals surface area contributed by atoms with Crippen LogP contribution in [-0.2, 0) is 11.3 Å². The number of benzene rings is 2. The lowest BCUT2D eigenvalue weighted by molar-refractivity contribution is -0.384. The number of nitrogens with one attached hydrogen (secondary N) is 1. The lowest BCUT2D eigenvalue weighted by Crippen LogP contribution is -2.40. The molecule has 6 nitrogen and oxygen atoms in total. The van der Waals surface area contributed by atoms with Crippen LogP contribution in [-0.4, -0.2) is 23.9 Å². The molecule has 1 N–H and O–H groups in total. The number of carbonyl (C=O) groups is 1. The van der Waals surface area contributed by atoms with Gasteiger partial charge in [0.05, 0.1) is 4.92 Å². The molecule has 6 heteroatoms. The molecule has 0 unspecified atom stereocenters. The Balaban J connectivity index is 1.56. The summed E-state index contributed by atoms with van der Waals surface area (Å²) in [6.07, 6.45) is 1.40. The number of hydrogen-bond donors (Lipinski definition) is 1. The van der Waals surface area contributed by atoms with E-state index in [-0.39, 0.29) is 22.4 Å². The molecule has 27 heavy (non-hydrogen) atoms. The minimum absolute atomic E-state index is 0.0452. The standard InChI is InChI=1S/C21H25N3O3/c1-15-3-6-17(7-4-15)14-22-21(25)18-9-11-23(12-10-18)19-8-5-16(2)13-20(19)24(26)27/h3-8,13,18H,9-12,14H2,1-2H3,(H,22,25). The van der Waals surface area contributed by atoms with Crippen molar-refractivity contribution in [2.45, 2.75) is 33.2 Å². The maximum atomic E-state index is 12.5. The molecule has 2 aromatic rings. The van der Waals surface area contributed by atoms with E-state index in [2.05, 4.69) is 5.32 Å². The highest BCUT2D eigenvalue weighted by Gasteiger charge is 2.28. The van der Waals surface area contributed by atoms with Gasteiger partial charge in [0.1, 0.15) is 5.69 Å². The Kier molecular flexibility index (Phi) is 5.74. The summed E-state index contributed by atoms with van der Waals surface area (Å²) in [5.41, 5.74) is 3.93. The van der Waals surface area contributed by atoms with Gasteiger partial charge in [-0.25, -0.2) is 0 Å². The molecule has 1 aliphatic heterocycles. The maximum Gasteiger partial charge on any atom is 0.292 e. The third-order valence-corrected chi connectivity index (χ3v) is 5.12. The van der Waals surface area contributed by atoms with Gasteiger partial charge in [0.2, 0.25) is 5.91 Å². The van der Waals surface area contributed by atoms with Crippen molar-refractivity contribution in [3.05, 3.63) is 69.3 Å². The summed E-state index contributed by atoms with van der Waals surface area (Å²) in [4.78, 5) is 25.5. The van der Waals surface area contributed by atoms with Gasteiger partial charge in [0.15, 0.2) is 0 Å². The van der Waals surface area contributed by atoms with E-state index in [1.807, 2.05) is 55.1 Å². The van der Waals surface area contributed by atoms with E-state index in [1.165, 1.54) is 5.56 Å². The van der Waals surface area contributed by atoms with Crippen LogP contribution in [0.4, 0.5) is 11.4 Å². The number of rotatable bonds is 5. The molecule has 0 aromatic heterocycles. The Labute approximate surface area is 159 Å². The molecule has 0 bridgehead atoms. The van der Waals surface area contributed by atoms with Gasteiger partial charge >= 0.3 is 0 Å². The zero-order valence-electron chi connectivity index (χ0n) is 15.8. The van der Waals surface area contributed by atoms with Gasteiger partial charge in [-0.1, -0.05) is 35.9 Å². The molecular formula is C21H25N3O3. The van der Waals surface area contributed by atoms with Crippen molar-refractivity contribution in [3.63, 3.8) is 0 Å². The van der Waals surface area contributed by atoms with Crippen molar-refractivity contribution in [2.24, 2.45) is 5.92 Å². The van der Waals surface area contributed by atoms with Crippen molar-refractivity contribution in [3.8, 4) is 0 Å². The molecular weight excluding hydrogens is 342 g/mol. The first-order chi connectivity index (χ1) is 12.9. The molecule has 1 amide bonds. The number of hydrogen-bond acceptors (Lipinski definition) is 4. The molecule has 1 heterocycles. The number of nitro benzene ring substituents is 1. The Morgan fingerprint density at radius 2 is 1.74 bits per heavy atom. The number of amides is 1. The average Bonchev–Trinajstić information content (AvgIpc) is 2.67. The second kappa shape index (κ2) is 8.20. The normalized spacial score (nSPS) is 14.8. The second-order valence-corrected chi connectivity index (χ2v) is 7.21. The lowest BCUT2D eigenvalue weighted by Gasteiger charge is -2.32. The molecule has 1 aliphatic rings. The molecule has 0 spiro atoms. The summed E-state index contributed by atoms with van der Waals surface area (Å²) >= 11 is 0. The molecule has 3 rings (SSSR count). The SMILES string of the molecule is Cc1ccc(CNC(=O)C2CCN(c3ccc(C)cc3[N+](=O)[O-])CC2)cc1. The number of nitrogens with zero attached hydrogens (tertiary/aromatic N) is 2. The van der Waals surface area contributed by atoms with E-state index >= 15 is 0 Å². The summed E-state index contributed by atoms with van der Waals surface area (Å²) in [6.45, 7) is 5.71. The topological polar surface area (TPSA) is 75.5 Å². The van der Waals surface area contributed by atoms with Crippen LogP contribution in [0.2, 0.25) is 0 Å². The molecule has 0 atom stereocenters. The summed E-state index contributed by atoms with van der Waals surface area (Å²) in [5, 5.41) is 14.4. The Morgan fingerprint density at radius 3 is 2.37 bits per heavy atom. The fourth-order valence-electron chi connectivity index (χ4n) is 3.47. The zero-order valence-corrected chi connectivity index (χ0v) is 15.8. The summed E-state index contributed by atoms with van der Waals surface area (Å²) in [5.74, 6) is 0.0184. The van der Waals surface area contributed by atoms with Crippen LogP contribution >= 0.6 is 0 Å². The van der Waals surface area contributed by atoms with Crippen LogP contribution in [0.25, 0.3) is 0 Å². The van der Waals surface area contributed by atoms with Gasteiger partial charge in [-0.05, 0) is 43.9 Å². The van der Waals surface area contributed by atoms with Crippen molar-refractivity contribution in [1.29, 1.82) is 0 Å². The molecule has 1 saturated heterocycles. The Bertz CT molecular complexity index is 825. The molecule has 1 fully saturated rings. The van der Waals surface area contributed by atoms with E-state index in [0.717, 1.165) is 11.1 Å². The van der Waals surface area contributed by atoms with Gasteiger partial charge in [0, 0.05) is 31.6 Å². The smallest absolute Gasteiger partial charge is 0.292 e. The number of carbonyl (C=O) groups excluding carboxylic acids is 1. The van der Waals surface area contributed by atoms with Gasteiger partial charge < -0.3 is 10.2 Å². The largest absolute Gasteiger partial charge is 0.366 e. The minimum Gasteiger partial charge on any atom is -0.366 e. The number of piperidine rings is 1. The molecule has 0 saturated carbocycles. The van der Waals surface area contributed by atoms with E-state index in [9.17, 15) is 14.9 Å². The highest BCUT2D eigenvalue weighted by atomic mass is 16.6. The Hall–Kier alpha value is -2.89. The predicted octanol–water partition coefficient (Wildman–Crippen LogP) is 3.74. The second-order valence-electron chi connectivity index (χ2n) is 7.21. The van der Waals surface area contributed by atoms with Crippen LogP contribution in [0.5, 0.6) is 0 Å². The predicted molar refractivity (Wildman–Crippen MR) is 106 cm³/mol. The van der Waals surface area contributed by atoms with Crippen LogP contribution in [0.15, 0.2) is 42.5 Å². The minimum atomic E-state index is -0.331. The number of nitro groups is 1. The van der Waals surface area contributed by atoms with Crippen molar-refractivity contribution in [1.82, 2.24) is 5.32 Å². The maximum absolute atomic E-state index is 12.5. The number of aryl methyl sites for hydroxylation is 2. The zero-order chi connectivity index (χ0) is 19.4. The van der Waals surface area contributed by atoms with Crippen LogP contribution in [0, 0.1) is 29.9 Å². The first-order valence-corrected chi connectivity index (χ1v) is 9.27. The monoisotopic (exact) mass is 367 g/mol. The Morgan fingerprint density at radius 1 is 1.11 bits per heavy atom. The summed E-state index contributed by atoms with van der Waals surface area (Å²) in [6, 6.07) is 13.4. The summed E-state index contributed by atoms with van der Waals surface area (Å²) < 4.78 is 0. The van der Waals surface area contributed by atoms with Crippen molar-refractivity contribution < 1.29 is 9.72 Å². The molecule has 2 aromatic carbocycles. The van der Waals surface area contributed by atoms with E-state index in [4.69, 9.17) is 0 Å². The van der Waals surface area contributed by atoms with Gasteiger partial charge in [0.25, 0.3) is 5.69 Å². The quantitative estimate of drug-likeness (QED) is 0.645. The highest BCUT2D eigenvalue weighted by Crippen LogP contribution is 2.32.